The van der Waals surface area contributed by atoms with Gasteiger partial charge >= 0.3 is 0 Å². The van der Waals surface area contributed by atoms with E-state index in [1.54, 1.807) is 31.5 Å². The van der Waals surface area contributed by atoms with Crippen molar-refractivity contribution in [3.63, 3.8) is 0 Å². The Hall–Kier alpha value is -3.28. The van der Waals surface area contributed by atoms with Crippen LogP contribution in [0.5, 0.6) is 5.75 Å². The van der Waals surface area contributed by atoms with Crippen molar-refractivity contribution in [2.24, 2.45) is 7.05 Å². The molecule has 6 heteroatoms. The number of hydrogen-bond acceptors (Lipinski definition) is 4. The minimum absolute atomic E-state index is 0.263. The van der Waals surface area contributed by atoms with Crippen molar-refractivity contribution in [2.75, 3.05) is 12.8 Å². The standard InChI is InChI=1S/C20H22N4O2/c1-13-6-4-5-7-15(13)18(19-22-10-11-24(19)2)23-20(25)16-9-8-14(26-3)12-17(16)21/h4-12,18H,21H2,1-3H3,(H,23,25). The number of benzene rings is 2. The summed E-state index contributed by atoms with van der Waals surface area (Å²) in [6.45, 7) is 2.01. The molecular formula is C20H22N4O2. The Bertz CT molecular complexity index is 933. The van der Waals surface area contributed by atoms with Crippen LogP contribution in [0.3, 0.4) is 0 Å². The first kappa shape index (κ1) is 17.5. The van der Waals surface area contributed by atoms with Gasteiger partial charge in [0.15, 0.2) is 0 Å². The van der Waals surface area contributed by atoms with Gasteiger partial charge in [-0.25, -0.2) is 4.98 Å². The summed E-state index contributed by atoms with van der Waals surface area (Å²) in [5.41, 5.74) is 8.86. The number of carbonyl (C=O) groups excluding carboxylic acids is 1. The Labute approximate surface area is 152 Å². The third-order valence-corrected chi connectivity index (χ3v) is 4.39. The molecule has 2 aromatic carbocycles. The second kappa shape index (κ2) is 7.31. The molecule has 0 spiro atoms. The Morgan fingerprint density at radius 1 is 1.27 bits per heavy atom. The molecular weight excluding hydrogens is 328 g/mol. The lowest BCUT2D eigenvalue weighted by Gasteiger charge is -2.21. The van der Waals surface area contributed by atoms with E-state index in [1.165, 1.54) is 0 Å². The lowest BCUT2D eigenvalue weighted by molar-refractivity contribution is 0.0942. The van der Waals surface area contributed by atoms with Crippen LogP contribution in [0.25, 0.3) is 0 Å². The fraction of sp³-hybridized carbons (Fsp3) is 0.200. The van der Waals surface area contributed by atoms with Crippen LogP contribution in [0.15, 0.2) is 54.9 Å². The molecule has 0 bridgehead atoms. The van der Waals surface area contributed by atoms with Crippen molar-refractivity contribution in [1.29, 1.82) is 0 Å². The highest BCUT2D eigenvalue weighted by molar-refractivity contribution is 5.99. The van der Waals surface area contributed by atoms with Gasteiger partial charge in [-0.2, -0.15) is 0 Å². The number of nitrogens with two attached hydrogens (primary N) is 1. The summed E-state index contributed by atoms with van der Waals surface area (Å²) in [6.07, 6.45) is 3.57. The summed E-state index contributed by atoms with van der Waals surface area (Å²) < 4.78 is 7.04. The molecule has 1 atom stereocenters. The van der Waals surface area contributed by atoms with Crippen LogP contribution in [0.1, 0.15) is 33.4 Å². The summed E-state index contributed by atoms with van der Waals surface area (Å²) in [7, 11) is 3.46. The van der Waals surface area contributed by atoms with E-state index in [0.717, 1.165) is 17.0 Å². The number of imidazole rings is 1. The molecule has 0 radical (unpaired) electrons. The van der Waals surface area contributed by atoms with E-state index in [9.17, 15) is 4.79 Å². The summed E-state index contributed by atoms with van der Waals surface area (Å²) in [6, 6.07) is 12.6. The average molecular weight is 350 g/mol. The number of amides is 1. The first-order valence-electron chi connectivity index (χ1n) is 8.28. The molecule has 3 N–H and O–H groups in total. The maximum absolute atomic E-state index is 12.9. The zero-order chi connectivity index (χ0) is 18.7. The number of anilines is 1. The highest BCUT2D eigenvalue weighted by Gasteiger charge is 2.23. The molecule has 0 aliphatic carbocycles. The van der Waals surface area contributed by atoms with Crippen molar-refractivity contribution in [3.8, 4) is 5.75 Å². The topological polar surface area (TPSA) is 82.2 Å². The van der Waals surface area contributed by atoms with Crippen molar-refractivity contribution in [1.82, 2.24) is 14.9 Å². The smallest absolute Gasteiger partial charge is 0.254 e. The van der Waals surface area contributed by atoms with Gasteiger partial charge in [0.25, 0.3) is 5.91 Å². The zero-order valence-corrected chi connectivity index (χ0v) is 15.1. The van der Waals surface area contributed by atoms with Crippen LogP contribution in [-0.2, 0) is 7.05 Å². The summed E-state index contributed by atoms with van der Waals surface area (Å²) in [5, 5.41) is 3.07. The number of carbonyl (C=O) groups is 1. The number of methoxy groups -OCH3 is 1. The van der Waals surface area contributed by atoms with E-state index >= 15 is 0 Å². The number of nitrogen functional groups attached to an aromatic ring is 1. The van der Waals surface area contributed by atoms with E-state index in [-0.39, 0.29) is 11.9 Å². The Balaban J connectivity index is 1.98. The molecule has 3 aromatic rings. The third-order valence-electron chi connectivity index (χ3n) is 4.39. The Morgan fingerprint density at radius 2 is 2.04 bits per heavy atom. The molecule has 1 unspecified atom stereocenters. The van der Waals surface area contributed by atoms with E-state index < -0.39 is 0 Å². The van der Waals surface area contributed by atoms with Gasteiger partial charge in [-0.3, -0.25) is 4.79 Å². The number of aryl methyl sites for hydroxylation is 2. The van der Waals surface area contributed by atoms with Gasteiger partial charge in [-0.1, -0.05) is 24.3 Å². The number of ether oxygens (including phenoxy) is 1. The van der Waals surface area contributed by atoms with Gasteiger partial charge in [-0.15, -0.1) is 0 Å². The SMILES string of the molecule is COc1ccc(C(=O)NC(c2ccccc2C)c2nccn2C)c(N)c1. The molecule has 0 saturated carbocycles. The predicted molar refractivity (Wildman–Crippen MR) is 101 cm³/mol. The van der Waals surface area contributed by atoms with Crippen molar-refractivity contribution < 1.29 is 9.53 Å². The molecule has 3 rings (SSSR count). The molecule has 1 amide bonds. The molecule has 1 heterocycles. The van der Waals surface area contributed by atoms with Gasteiger partial charge in [0.05, 0.1) is 12.7 Å². The summed E-state index contributed by atoms with van der Waals surface area (Å²) in [5.74, 6) is 1.10. The zero-order valence-electron chi connectivity index (χ0n) is 15.1. The van der Waals surface area contributed by atoms with Crippen molar-refractivity contribution >= 4 is 11.6 Å². The van der Waals surface area contributed by atoms with Crippen molar-refractivity contribution in [3.05, 3.63) is 77.4 Å². The number of nitrogens with one attached hydrogen (secondary N) is 1. The van der Waals surface area contributed by atoms with Gasteiger partial charge < -0.3 is 20.4 Å². The van der Waals surface area contributed by atoms with Gasteiger partial charge in [0, 0.05) is 31.2 Å². The van der Waals surface area contributed by atoms with Crippen LogP contribution < -0.4 is 15.8 Å². The summed E-state index contributed by atoms with van der Waals surface area (Å²) in [4.78, 5) is 17.3. The van der Waals surface area contributed by atoms with Gasteiger partial charge in [-0.05, 0) is 30.2 Å². The van der Waals surface area contributed by atoms with Crippen molar-refractivity contribution in [2.45, 2.75) is 13.0 Å². The molecule has 0 saturated heterocycles. The molecule has 6 nitrogen and oxygen atoms in total. The van der Waals surface area contributed by atoms with E-state index in [2.05, 4.69) is 10.3 Å². The maximum Gasteiger partial charge on any atom is 0.254 e. The average Bonchev–Trinajstić information content (AvgIpc) is 3.05. The van der Waals surface area contributed by atoms with Crippen LogP contribution in [0.2, 0.25) is 0 Å². The van der Waals surface area contributed by atoms with E-state index in [4.69, 9.17) is 10.5 Å². The van der Waals surface area contributed by atoms with Crippen LogP contribution in [0.4, 0.5) is 5.69 Å². The van der Waals surface area contributed by atoms with Crippen LogP contribution in [0, 0.1) is 6.92 Å². The summed E-state index contributed by atoms with van der Waals surface area (Å²) >= 11 is 0. The highest BCUT2D eigenvalue weighted by atomic mass is 16.5. The normalized spacial score (nSPS) is 11.8. The lowest BCUT2D eigenvalue weighted by atomic mass is 10.00. The van der Waals surface area contributed by atoms with E-state index in [0.29, 0.717) is 17.0 Å². The number of rotatable bonds is 5. The molecule has 1 aromatic heterocycles. The molecule has 0 aliphatic heterocycles. The van der Waals surface area contributed by atoms with Gasteiger partial charge in [0.2, 0.25) is 0 Å². The number of nitrogens with zero attached hydrogens (tertiary/aromatic N) is 2. The maximum atomic E-state index is 12.9. The lowest BCUT2D eigenvalue weighted by Crippen LogP contribution is -2.32. The predicted octanol–water partition coefficient (Wildman–Crippen LogP) is 2.84. The Morgan fingerprint density at radius 3 is 2.65 bits per heavy atom. The first-order valence-corrected chi connectivity index (χ1v) is 8.28. The number of hydrogen-bond donors (Lipinski definition) is 2. The first-order chi connectivity index (χ1) is 12.5. The minimum Gasteiger partial charge on any atom is -0.497 e. The monoisotopic (exact) mass is 350 g/mol. The molecule has 134 valence electrons. The largest absolute Gasteiger partial charge is 0.497 e. The quantitative estimate of drug-likeness (QED) is 0.693. The molecule has 26 heavy (non-hydrogen) atoms. The van der Waals surface area contributed by atoms with E-state index in [1.807, 2.05) is 49.0 Å². The highest BCUT2D eigenvalue weighted by Crippen LogP contribution is 2.25. The number of aromatic nitrogens is 2. The second-order valence-corrected chi connectivity index (χ2v) is 6.11. The molecule has 0 aliphatic rings. The van der Waals surface area contributed by atoms with Gasteiger partial charge in [0.1, 0.15) is 17.6 Å². The fourth-order valence-corrected chi connectivity index (χ4v) is 2.93. The molecule has 0 fully saturated rings. The fourth-order valence-electron chi connectivity index (χ4n) is 2.93. The Kier molecular flexibility index (Phi) is 4.93. The van der Waals surface area contributed by atoms with Crippen LogP contribution >= 0.6 is 0 Å². The minimum atomic E-state index is -0.384. The third kappa shape index (κ3) is 3.39. The second-order valence-electron chi connectivity index (χ2n) is 6.11. The van der Waals surface area contributed by atoms with Crippen LogP contribution in [-0.4, -0.2) is 22.6 Å².